The van der Waals surface area contributed by atoms with Crippen LogP contribution in [0.2, 0.25) is 0 Å². The van der Waals surface area contributed by atoms with Gasteiger partial charge in [0, 0.05) is 48.7 Å². The van der Waals surface area contributed by atoms with Crippen LogP contribution in [0.15, 0.2) is 25.0 Å². The Balaban J connectivity index is 0.000000403. The van der Waals surface area contributed by atoms with E-state index in [2.05, 4.69) is 19.9 Å². The van der Waals surface area contributed by atoms with Crippen LogP contribution >= 0.6 is 0 Å². The molecule has 0 aromatic carbocycles. The number of nitrogens with two attached hydrogens (primary N) is 2. The molecular formula is C12H16CoN6O4. The molecule has 2 atom stereocenters. The van der Waals surface area contributed by atoms with E-state index in [0.717, 1.165) is 0 Å². The summed E-state index contributed by atoms with van der Waals surface area (Å²) in [5.74, 6) is -2.50. The van der Waals surface area contributed by atoms with Crippen LogP contribution in [-0.4, -0.2) is 44.0 Å². The van der Waals surface area contributed by atoms with E-state index in [1.165, 1.54) is 25.0 Å². The average Bonchev–Trinajstić information content (AvgIpc) is 3.12. The minimum atomic E-state index is -1.25. The maximum absolute atomic E-state index is 10.2. The van der Waals surface area contributed by atoms with Gasteiger partial charge in [-0.2, -0.15) is 0 Å². The van der Waals surface area contributed by atoms with Gasteiger partial charge in [0.05, 0.1) is 24.6 Å². The van der Waals surface area contributed by atoms with Crippen molar-refractivity contribution in [3.63, 3.8) is 0 Å². The van der Waals surface area contributed by atoms with Crippen molar-refractivity contribution in [1.29, 1.82) is 0 Å². The van der Waals surface area contributed by atoms with Crippen LogP contribution in [0.1, 0.15) is 11.4 Å². The molecule has 0 amide bonds. The molecule has 2 aromatic rings. The summed E-state index contributed by atoms with van der Waals surface area (Å²) in [6.07, 6.45) is 6.45. The second-order valence-corrected chi connectivity index (χ2v) is 4.41. The monoisotopic (exact) mass is 367 g/mol. The number of aliphatic carboxylic acids is 2. The Hall–Kier alpha value is -2.21. The third-order valence-electron chi connectivity index (χ3n) is 2.59. The Morgan fingerprint density at radius 3 is 1.52 bits per heavy atom. The van der Waals surface area contributed by atoms with Gasteiger partial charge < -0.3 is 41.2 Å². The summed E-state index contributed by atoms with van der Waals surface area (Å²) in [5.41, 5.74) is 11.8. The van der Waals surface area contributed by atoms with Gasteiger partial charge in [-0.05, 0) is 0 Å². The maximum Gasteiger partial charge on any atom is 2.00 e. The number of nitrogens with zero attached hydrogens (tertiary/aromatic N) is 2. The van der Waals surface area contributed by atoms with Gasteiger partial charge in [0.2, 0.25) is 0 Å². The molecule has 1 radical (unpaired) electrons. The zero-order valence-electron chi connectivity index (χ0n) is 11.9. The van der Waals surface area contributed by atoms with Gasteiger partial charge in [0.25, 0.3) is 0 Å². The second kappa shape index (κ2) is 10.5. The fourth-order valence-electron chi connectivity index (χ4n) is 1.43. The van der Waals surface area contributed by atoms with E-state index in [1.807, 2.05) is 0 Å². The van der Waals surface area contributed by atoms with E-state index in [4.69, 9.17) is 11.5 Å². The van der Waals surface area contributed by atoms with Crippen LogP contribution in [0.5, 0.6) is 0 Å². The number of carbonyl (C=O) groups is 2. The molecule has 0 saturated carbocycles. The number of hydrogen-bond acceptors (Lipinski definition) is 8. The Labute approximate surface area is 141 Å². The van der Waals surface area contributed by atoms with Gasteiger partial charge in [-0.15, -0.1) is 0 Å². The molecule has 0 spiro atoms. The molecule has 10 nitrogen and oxygen atoms in total. The third-order valence-corrected chi connectivity index (χ3v) is 2.59. The molecule has 0 aliphatic carbocycles. The summed E-state index contributed by atoms with van der Waals surface area (Å²) in [6, 6.07) is -1.93. The van der Waals surface area contributed by atoms with Gasteiger partial charge in [0.1, 0.15) is 0 Å². The number of carboxylic acids is 2. The minimum absolute atomic E-state index is 0. The first-order valence-corrected chi connectivity index (χ1v) is 6.27. The number of imidazole rings is 2. The molecule has 2 aromatic heterocycles. The molecule has 11 heteroatoms. The number of carbonyl (C=O) groups excluding carboxylic acids is 2. The zero-order valence-corrected chi connectivity index (χ0v) is 12.9. The van der Waals surface area contributed by atoms with Crippen LogP contribution in [0.4, 0.5) is 0 Å². The quantitative estimate of drug-likeness (QED) is 0.398. The van der Waals surface area contributed by atoms with Crippen LogP contribution in [0.25, 0.3) is 0 Å². The number of nitrogens with one attached hydrogen (secondary N) is 2. The first kappa shape index (κ1) is 20.8. The van der Waals surface area contributed by atoms with Crippen LogP contribution in [0, 0.1) is 0 Å². The minimum Gasteiger partial charge on any atom is -0.548 e. The zero-order chi connectivity index (χ0) is 16.5. The van der Waals surface area contributed by atoms with Crippen molar-refractivity contribution in [2.24, 2.45) is 11.5 Å². The van der Waals surface area contributed by atoms with E-state index >= 15 is 0 Å². The normalized spacial score (nSPS) is 12.3. The van der Waals surface area contributed by atoms with Gasteiger partial charge in [-0.1, -0.05) is 0 Å². The maximum atomic E-state index is 10.2. The molecule has 0 aliphatic rings. The summed E-state index contributed by atoms with van der Waals surface area (Å²) in [5, 5.41) is 20.3. The molecule has 23 heavy (non-hydrogen) atoms. The van der Waals surface area contributed by atoms with E-state index < -0.39 is 24.0 Å². The fourth-order valence-corrected chi connectivity index (χ4v) is 1.43. The first-order chi connectivity index (χ1) is 10.4. The molecule has 0 aliphatic heterocycles. The van der Waals surface area contributed by atoms with Crippen molar-refractivity contribution >= 4 is 11.9 Å². The molecule has 2 unspecified atom stereocenters. The van der Waals surface area contributed by atoms with Crippen molar-refractivity contribution < 1.29 is 36.6 Å². The average molecular weight is 367 g/mol. The van der Waals surface area contributed by atoms with Crippen molar-refractivity contribution in [3.8, 4) is 0 Å². The molecule has 0 bridgehead atoms. The van der Waals surface area contributed by atoms with Gasteiger partial charge >= 0.3 is 16.8 Å². The van der Waals surface area contributed by atoms with Crippen molar-refractivity contribution in [1.82, 2.24) is 19.9 Å². The summed E-state index contributed by atoms with van der Waals surface area (Å²) >= 11 is 0. The number of aromatic amines is 2. The number of H-pyrrole nitrogens is 2. The van der Waals surface area contributed by atoms with E-state index in [-0.39, 0.29) is 29.6 Å². The van der Waals surface area contributed by atoms with Crippen LogP contribution in [-0.2, 0) is 39.2 Å². The SMILES string of the molecule is NC(Cc1cnc[nH]1)C(=O)[O-].NC(Cc1cnc[nH]1)C(=O)[O-].[Co+2]. The molecule has 127 valence electrons. The summed E-state index contributed by atoms with van der Waals surface area (Å²) < 4.78 is 0. The fraction of sp³-hybridized carbons (Fsp3) is 0.333. The van der Waals surface area contributed by atoms with E-state index in [0.29, 0.717) is 11.4 Å². The Morgan fingerprint density at radius 1 is 0.957 bits per heavy atom. The Kier molecular flexibility index (Phi) is 9.49. The van der Waals surface area contributed by atoms with Crippen molar-refractivity contribution in [3.05, 3.63) is 36.4 Å². The van der Waals surface area contributed by atoms with E-state index in [1.54, 1.807) is 0 Å². The van der Waals surface area contributed by atoms with Crippen LogP contribution < -0.4 is 21.7 Å². The Bertz CT molecular complexity index is 522. The van der Waals surface area contributed by atoms with E-state index in [9.17, 15) is 19.8 Å². The summed E-state index contributed by atoms with van der Waals surface area (Å²) in [6.45, 7) is 0. The molecular weight excluding hydrogens is 351 g/mol. The number of hydrogen-bond donors (Lipinski definition) is 4. The number of rotatable bonds is 6. The molecule has 2 heterocycles. The molecule has 0 fully saturated rings. The predicted molar refractivity (Wildman–Crippen MR) is 70.5 cm³/mol. The van der Waals surface area contributed by atoms with Crippen molar-refractivity contribution in [2.45, 2.75) is 24.9 Å². The molecule has 2 rings (SSSR count). The van der Waals surface area contributed by atoms with Crippen molar-refractivity contribution in [2.75, 3.05) is 0 Å². The van der Waals surface area contributed by atoms with Crippen LogP contribution in [0.3, 0.4) is 0 Å². The summed E-state index contributed by atoms with van der Waals surface area (Å²) in [4.78, 5) is 33.2. The third kappa shape index (κ3) is 8.11. The number of aromatic nitrogens is 4. The van der Waals surface area contributed by atoms with Gasteiger partial charge in [-0.3, -0.25) is 0 Å². The van der Waals surface area contributed by atoms with Gasteiger partial charge in [0.15, 0.2) is 0 Å². The predicted octanol–water partition coefficient (Wildman–Crippen LogP) is -3.94. The number of carboxylic acid groups (broad SMARTS) is 2. The summed E-state index contributed by atoms with van der Waals surface area (Å²) in [7, 11) is 0. The smallest absolute Gasteiger partial charge is 0.548 e. The second-order valence-electron chi connectivity index (χ2n) is 4.41. The van der Waals surface area contributed by atoms with Gasteiger partial charge in [-0.25, -0.2) is 9.97 Å². The first-order valence-electron chi connectivity index (χ1n) is 6.27. The Morgan fingerprint density at radius 2 is 1.30 bits per heavy atom. The standard InChI is InChI=1S/2C6H9N3O2.Co/c2*7-5(6(10)11)1-4-2-8-3-9-4;/h2*2-3,5H,1,7H2,(H,8,9)(H,10,11);/q;;+2/p-2. The largest absolute Gasteiger partial charge is 2.00 e. The topological polar surface area (TPSA) is 190 Å². The molecule has 6 N–H and O–H groups in total. The molecule has 0 saturated heterocycles.